The van der Waals surface area contributed by atoms with Gasteiger partial charge in [0.1, 0.15) is 0 Å². The van der Waals surface area contributed by atoms with Crippen molar-refractivity contribution in [3.05, 3.63) is 68.3 Å². The summed E-state index contributed by atoms with van der Waals surface area (Å²) in [4.78, 5) is 20.6. The number of carbonyl (C=O) groups excluding carboxylic acids is 1. The third kappa shape index (κ3) is 5.05. The van der Waals surface area contributed by atoms with E-state index in [1.54, 1.807) is 0 Å². The Balaban J connectivity index is 1.32. The number of piperidine rings is 1. The van der Waals surface area contributed by atoms with Crippen LogP contribution in [0.5, 0.6) is 0 Å². The Morgan fingerprint density at radius 3 is 2.19 bits per heavy atom. The molecule has 0 radical (unpaired) electrons. The van der Waals surface area contributed by atoms with Crippen molar-refractivity contribution in [1.29, 1.82) is 0 Å². The van der Waals surface area contributed by atoms with Crippen LogP contribution in [0.25, 0.3) is 0 Å². The van der Waals surface area contributed by atoms with Gasteiger partial charge < -0.3 is 4.90 Å². The fourth-order valence-corrected chi connectivity index (χ4v) is 5.94. The lowest BCUT2D eigenvalue weighted by Gasteiger charge is -2.47. The molecule has 5 heteroatoms. The first-order chi connectivity index (χ1) is 15.3. The standard InChI is InChI=1S/C27H36IN3O/c1-19-6-5-7-20(2)26(19)27(32)29-14-12-25(13-15-29)30-16-17-31(21(3)18-30)22(4)23-8-10-24(28)11-9-23/h5-11,21-22,25H,12-18H2,1-4H3/t21-,22-/m1/s1. The van der Waals surface area contributed by atoms with Gasteiger partial charge in [0.2, 0.25) is 0 Å². The minimum atomic E-state index is 0.212. The molecule has 4 rings (SSSR count). The minimum absolute atomic E-state index is 0.212. The average Bonchev–Trinajstić information content (AvgIpc) is 2.79. The smallest absolute Gasteiger partial charge is 0.254 e. The second-order valence-corrected chi connectivity index (χ2v) is 10.8. The number of hydrogen-bond donors (Lipinski definition) is 0. The molecule has 2 aromatic carbocycles. The van der Waals surface area contributed by atoms with Crippen molar-refractivity contribution in [2.24, 2.45) is 0 Å². The van der Waals surface area contributed by atoms with Crippen LogP contribution >= 0.6 is 22.6 Å². The number of benzene rings is 2. The van der Waals surface area contributed by atoms with E-state index >= 15 is 0 Å². The van der Waals surface area contributed by atoms with E-state index in [1.807, 2.05) is 32.0 Å². The molecular weight excluding hydrogens is 509 g/mol. The summed E-state index contributed by atoms with van der Waals surface area (Å²) >= 11 is 2.37. The van der Waals surface area contributed by atoms with Gasteiger partial charge in [0.05, 0.1) is 0 Å². The predicted octanol–water partition coefficient (Wildman–Crippen LogP) is 5.28. The molecule has 0 aliphatic carbocycles. The van der Waals surface area contributed by atoms with Crippen LogP contribution in [0.3, 0.4) is 0 Å². The second-order valence-electron chi connectivity index (χ2n) is 9.60. The molecule has 2 aliphatic heterocycles. The topological polar surface area (TPSA) is 26.8 Å². The lowest BCUT2D eigenvalue weighted by atomic mass is 9.97. The number of piperazine rings is 1. The summed E-state index contributed by atoms with van der Waals surface area (Å²) in [6.07, 6.45) is 2.16. The number of likely N-dealkylation sites (tertiary alicyclic amines) is 1. The summed E-state index contributed by atoms with van der Waals surface area (Å²) in [7, 11) is 0. The van der Waals surface area contributed by atoms with Gasteiger partial charge in [0.25, 0.3) is 5.91 Å². The van der Waals surface area contributed by atoms with Crippen LogP contribution in [-0.4, -0.2) is 65.4 Å². The van der Waals surface area contributed by atoms with Gasteiger partial charge in [0.15, 0.2) is 0 Å². The van der Waals surface area contributed by atoms with Crippen LogP contribution in [0.1, 0.15) is 59.8 Å². The molecule has 2 aliphatic rings. The van der Waals surface area contributed by atoms with Gasteiger partial charge in [0, 0.05) is 60.0 Å². The van der Waals surface area contributed by atoms with Gasteiger partial charge in [-0.1, -0.05) is 30.3 Å². The third-order valence-corrected chi connectivity index (χ3v) is 8.24. The number of halogens is 1. The van der Waals surface area contributed by atoms with Crippen molar-refractivity contribution in [2.45, 2.75) is 58.7 Å². The molecule has 2 aromatic rings. The molecule has 1 amide bonds. The Bertz CT molecular complexity index is 916. The van der Waals surface area contributed by atoms with E-state index in [2.05, 4.69) is 75.4 Å². The first kappa shape index (κ1) is 23.7. The molecule has 2 heterocycles. The Hall–Kier alpha value is -1.44. The zero-order valence-corrected chi connectivity index (χ0v) is 22.0. The van der Waals surface area contributed by atoms with Gasteiger partial charge in [-0.3, -0.25) is 14.6 Å². The molecule has 172 valence electrons. The van der Waals surface area contributed by atoms with E-state index < -0.39 is 0 Å². The molecule has 2 atom stereocenters. The van der Waals surface area contributed by atoms with Crippen LogP contribution < -0.4 is 0 Å². The number of rotatable bonds is 4. The van der Waals surface area contributed by atoms with Crippen molar-refractivity contribution in [3.8, 4) is 0 Å². The van der Waals surface area contributed by atoms with Crippen LogP contribution in [-0.2, 0) is 0 Å². The maximum absolute atomic E-state index is 13.2. The van der Waals surface area contributed by atoms with Gasteiger partial charge in [-0.25, -0.2) is 0 Å². The second kappa shape index (κ2) is 10.2. The van der Waals surface area contributed by atoms with Gasteiger partial charge in [-0.2, -0.15) is 0 Å². The zero-order valence-electron chi connectivity index (χ0n) is 19.9. The molecule has 0 saturated carbocycles. The zero-order chi connectivity index (χ0) is 22.8. The minimum Gasteiger partial charge on any atom is -0.339 e. The molecule has 4 nitrogen and oxygen atoms in total. The molecule has 32 heavy (non-hydrogen) atoms. The van der Waals surface area contributed by atoms with Gasteiger partial charge in [-0.15, -0.1) is 0 Å². The summed E-state index contributed by atoms with van der Waals surface area (Å²) in [6.45, 7) is 13.9. The van der Waals surface area contributed by atoms with Gasteiger partial charge >= 0.3 is 0 Å². The van der Waals surface area contributed by atoms with Crippen molar-refractivity contribution < 1.29 is 4.79 Å². The summed E-state index contributed by atoms with van der Waals surface area (Å²) in [5, 5.41) is 0. The Labute approximate surface area is 207 Å². The van der Waals surface area contributed by atoms with E-state index in [-0.39, 0.29) is 5.91 Å². The van der Waals surface area contributed by atoms with Crippen molar-refractivity contribution in [1.82, 2.24) is 14.7 Å². The van der Waals surface area contributed by atoms with Crippen LogP contribution in [0.4, 0.5) is 0 Å². The fraction of sp³-hybridized carbons (Fsp3) is 0.519. The molecule has 0 bridgehead atoms. The normalized spacial score (nSPS) is 22.2. The summed E-state index contributed by atoms with van der Waals surface area (Å²) in [6, 6.07) is 16.7. The molecule has 2 fully saturated rings. The van der Waals surface area contributed by atoms with Crippen LogP contribution in [0, 0.1) is 17.4 Å². The number of carbonyl (C=O) groups is 1. The molecule has 0 spiro atoms. The van der Waals surface area contributed by atoms with Crippen molar-refractivity contribution in [2.75, 3.05) is 32.7 Å². The van der Waals surface area contributed by atoms with Crippen LogP contribution in [0.2, 0.25) is 0 Å². The maximum Gasteiger partial charge on any atom is 0.254 e. The van der Waals surface area contributed by atoms with Gasteiger partial charge in [-0.05, 0) is 92.0 Å². The predicted molar refractivity (Wildman–Crippen MR) is 140 cm³/mol. The van der Waals surface area contributed by atoms with E-state index in [0.29, 0.717) is 18.1 Å². The van der Waals surface area contributed by atoms with Crippen LogP contribution in [0.15, 0.2) is 42.5 Å². The fourth-order valence-electron chi connectivity index (χ4n) is 5.58. The molecule has 2 saturated heterocycles. The van der Waals surface area contributed by atoms with E-state index in [4.69, 9.17) is 0 Å². The van der Waals surface area contributed by atoms with Crippen molar-refractivity contribution in [3.63, 3.8) is 0 Å². The quantitative estimate of drug-likeness (QED) is 0.490. The monoisotopic (exact) mass is 545 g/mol. The summed E-state index contributed by atoms with van der Waals surface area (Å²) < 4.78 is 1.29. The Morgan fingerprint density at radius 2 is 1.59 bits per heavy atom. The lowest BCUT2D eigenvalue weighted by Crippen LogP contribution is -2.57. The molecule has 0 N–H and O–H groups in total. The highest BCUT2D eigenvalue weighted by Gasteiger charge is 2.34. The first-order valence-electron chi connectivity index (χ1n) is 12.0. The first-order valence-corrected chi connectivity index (χ1v) is 13.0. The maximum atomic E-state index is 13.2. The largest absolute Gasteiger partial charge is 0.339 e. The molecule has 0 unspecified atom stereocenters. The summed E-state index contributed by atoms with van der Waals surface area (Å²) in [5.41, 5.74) is 4.48. The molecule has 0 aromatic heterocycles. The summed E-state index contributed by atoms with van der Waals surface area (Å²) in [5.74, 6) is 0.212. The van der Waals surface area contributed by atoms with E-state index in [0.717, 1.165) is 62.3 Å². The molecular formula is C27H36IN3O. The van der Waals surface area contributed by atoms with E-state index in [9.17, 15) is 4.79 Å². The lowest BCUT2D eigenvalue weighted by molar-refractivity contribution is 0.0135. The van der Waals surface area contributed by atoms with E-state index in [1.165, 1.54) is 9.13 Å². The number of hydrogen-bond acceptors (Lipinski definition) is 3. The Morgan fingerprint density at radius 1 is 0.969 bits per heavy atom. The SMILES string of the molecule is Cc1cccc(C)c1C(=O)N1CCC(N2CCN([C@H](C)c3ccc(I)cc3)[C@H](C)C2)CC1. The number of aryl methyl sites for hydroxylation is 2. The Kier molecular flexibility index (Phi) is 7.58. The highest BCUT2D eigenvalue weighted by atomic mass is 127. The highest BCUT2D eigenvalue weighted by Crippen LogP contribution is 2.28. The third-order valence-electron chi connectivity index (χ3n) is 7.52. The number of nitrogens with zero attached hydrogens (tertiary/aromatic N) is 3. The van der Waals surface area contributed by atoms with Crippen molar-refractivity contribution >= 4 is 28.5 Å². The number of amides is 1. The highest BCUT2D eigenvalue weighted by molar-refractivity contribution is 14.1. The average molecular weight is 546 g/mol.